The molecule has 7 nitrogen and oxygen atoms in total. The van der Waals surface area contributed by atoms with Crippen molar-refractivity contribution >= 4 is 21.8 Å². The maximum Gasteiger partial charge on any atom is 0.337 e. The van der Waals surface area contributed by atoms with Crippen molar-refractivity contribution in [3.8, 4) is 0 Å². The van der Waals surface area contributed by atoms with Gasteiger partial charge in [0.15, 0.2) is 0 Å². The number of hydrogen-bond acceptors (Lipinski definition) is 5. The van der Waals surface area contributed by atoms with Gasteiger partial charge < -0.3 is 19.5 Å². The molecular formula is C42H69NO6S. The molecule has 0 unspecified atom stereocenters. The zero-order chi connectivity index (χ0) is 37.1. The van der Waals surface area contributed by atoms with Crippen LogP contribution in [-0.2, 0) is 9.84 Å². The minimum Gasteiger partial charge on any atom is -0.545 e. The van der Waals surface area contributed by atoms with Crippen LogP contribution in [0, 0.1) is 0 Å². The van der Waals surface area contributed by atoms with E-state index in [0.717, 1.165) is 24.3 Å². The number of sulfone groups is 1. The van der Waals surface area contributed by atoms with Gasteiger partial charge in [0.1, 0.15) is 0 Å². The summed E-state index contributed by atoms with van der Waals surface area (Å²) < 4.78 is 26.5. The first-order valence-corrected chi connectivity index (χ1v) is 21.3. The summed E-state index contributed by atoms with van der Waals surface area (Å²) in [6.07, 6.45) is 28.8. The molecule has 0 saturated heterocycles. The Labute approximate surface area is 305 Å². The van der Waals surface area contributed by atoms with Crippen molar-refractivity contribution in [2.75, 3.05) is 26.2 Å². The fourth-order valence-electron chi connectivity index (χ4n) is 6.74. The molecule has 2 rings (SSSR count). The SMILES string of the molecule is CCCCCCC[N+](CCCCCCC)(CCCCCCC)CCCCCCC.O=C([O-])c1ccccc1S(=O)(=O)c1ccccc1C(=O)O. The average Bonchev–Trinajstić information content (AvgIpc) is 3.11. The van der Waals surface area contributed by atoms with Crippen molar-refractivity contribution in [2.45, 2.75) is 166 Å². The summed E-state index contributed by atoms with van der Waals surface area (Å²) in [5.74, 6) is -3.07. The van der Waals surface area contributed by atoms with E-state index < -0.39 is 42.7 Å². The Morgan fingerprint density at radius 2 is 0.820 bits per heavy atom. The van der Waals surface area contributed by atoms with Crippen LogP contribution in [-0.4, -0.2) is 56.1 Å². The highest BCUT2D eigenvalue weighted by Gasteiger charge is 2.27. The Kier molecular flexibility index (Phi) is 24.5. The first kappa shape index (κ1) is 45.3. The molecule has 284 valence electrons. The number of unbranched alkanes of at least 4 members (excludes halogenated alkanes) is 16. The number of carbonyl (C=O) groups excluding carboxylic acids is 1. The standard InChI is InChI=1S/C28H60N.C14H10O6S/c1-5-9-13-17-21-25-29(26-22-18-14-10-6-2,27-23-19-15-11-7-3)28-24-20-16-12-8-4;15-13(16)9-5-1-3-7-11(9)21(19,20)12-8-4-2-6-10(12)14(17)18/h5-28H2,1-4H3;1-8H,(H,15,16)(H,17,18)/q+1;/p-1. The maximum atomic E-state index is 12.5. The van der Waals surface area contributed by atoms with Gasteiger partial charge in [-0.15, -0.1) is 0 Å². The molecule has 0 aromatic heterocycles. The van der Waals surface area contributed by atoms with E-state index in [0.29, 0.717) is 0 Å². The molecular weight excluding hydrogens is 647 g/mol. The first-order valence-electron chi connectivity index (χ1n) is 19.8. The highest BCUT2D eigenvalue weighted by Crippen LogP contribution is 2.27. The molecule has 8 heteroatoms. The van der Waals surface area contributed by atoms with E-state index in [4.69, 9.17) is 5.11 Å². The van der Waals surface area contributed by atoms with Gasteiger partial charge in [0.25, 0.3) is 0 Å². The second-order valence-corrected chi connectivity index (χ2v) is 15.9. The Hall–Kier alpha value is -2.71. The summed E-state index contributed by atoms with van der Waals surface area (Å²) in [5, 5.41) is 20.1. The average molecular weight is 716 g/mol. The summed E-state index contributed by atoms with van der Waals surface area (Å²) in [7, 11) is -4.29. The second kappa shape index (κ2) is 27.0. The third kappa shape index (κ3) is 17.5. The van der Waals surface area contributed by atoms with Crippen LogP contribution in [0.5, 0.6) is 0 Å². The summed E-state index contributed by atoms with van der Waals surface area (Å²) >= 11 is 0. The zero-order valence-electron chi connectivity index (χ0n) is 31.9. The lowest BCUT2D eigenvalue weighted by molar-refractivity contribution is -0.929. The number of carbonyl (C=O) groups is 2. The molecule has 2 aromatic rings. The third-order valence-corrected chi connectivity index (χ3v) is 11.6. The molecule has 0 heterocycles. The lowest BCUT2D eigenvalue weighted by Gasteiger charge is -2.39. The van der Waals surface area contributed by atoms with Crippen LogP contribution >= 0.6 is 0 Å². The van der Waals surface area contributed by atoms with Crippen LogP contribution in [0.2, 0.25) is 0 Å². The lowest BCUT2D eigenvalue weighted by atomic mass is 10.1. The highest BCUT2D eigenvalue weighted by atomic mass is 32.2. The number of hydrogen-bond donors (Lipinski definition) is 1. The summed E-state index contributed by atoms with van der Waals surface area (Å²) in [6.45, 7) is 15.2. The predicted molar refractivity (Wildman–Crippen MR) is 204 cm³/mol. The molecule has 0 aliphatic rings. The van der Waals surface area contributed by atoms with Gasteiger partial charge >= 0.3 is 5.97 Å². The van der Waals surface area contributed by atoms with E-state index in [9.17, 15) is 23.1 Å². The van der Waals surface area contributed by atoms with Crippen molar-refractivity contribution in [1.29, 1.82) is 0 Å². The van der Waals surface area contributed by atoms with Gasteiger partial charge in [0.05, 0.1) is 47.5 Å². The van der Waals surface area contributed by atoms with E-state index >= 15 is 0 Å². The number of quaternary nitrogens is 1. The summed E-state index contributed by atoms with van der Waals surface area (Å²) in [6, 6.07) is 9.89. The number of aromatic carboxylic acids is 2. The number of rotatable bonds is 28. The van der Waals surface area contributed by atoms with Gasteiger partial charge in [0.2, 0.25) is 9.84 Å². The zero-order valence-corrected chi connectivity index (χ0v) is 32.7. The Bertz CT molecular complexity index is 1180. The third-order valence-electron chi connectivity index (χ3n) is 9.75. The fraction of sp³-hybridized carbons (Fsp3) is 0.667. The normalized spacial score (nSPS) is 11.6. The largest absolute Gasteiger partial charge is 0.545 e. The van der Waals surface area contributed by atoms with Gasteiger partial charge in [0, 0.05) is 5.56 Å². The summed E-state index contributed by atoms with van der Waals surface area (Å²) in [4.78, 5) is 21.2. The molecule has 1 N–H and O–H groups in total. The highest BCUT2D eigenvalue weighted by molar-refractivity contribution is 7.91. The number of carboxylic acid groups (broad SMARTS) is 2. The van der Waals surface area contributed by atoms with Crippen LogP contribution in [0.4, 0.5) is 0 Å². The van der Waals surface area contributed by atoms with Crippen LogP contribution in [0.25, 0.3) is 0 Å². The van der Waals surface area contributed by atoms with Crippen molar-refractivity contribution in [3.05, 3.63) is 59.7 Å². The van der Waals surface area contributed by atoms with Crippen molar-refractivity contribution in [1.82, 2.24) is 0 Å². The van der Waals surface area contributed by atoms with E-state index in [2.05, 4.69) is 27.7 Å². The number of benzene rings is 2. The molecule has 50 heavy (non-hydrogen) atoms. The van der Waals surface area contributed by atoms with Gasteiger partial charge in [-0.2, -0.15) is 0 Å². The van der Waals surface area contributed by atoms with E-state index in [1.807, 2.05) is 0 Å². The molecule has 2 aromatic carbocycles. The van der Waals surface area contributed by atoms with Crippen LogP contribution < -0.4 is 5.11 Å². The van der Waals surface area contributed by atoms with Crippen LogP contribution in [0.15, 0.2) is 58.3 Å². The van der Waals surface area contributed by atoms with E-state index in [1.54, 1.807) is 0 Å². The first-order chi connectivity index (χ1) is 24.1. The molecule has 0 aliphatic carbocycles. The Balaban J connectivity index is 0.000000523. The fourth-order valence-corrected chi connectivity index (χ4v) is 8.38. The minimum atomic E-state index is -4.29. The van der Waals surface area contributed by atoms with Crippen molar-refractivity contribution in [3.63, 3.8) is 0 Å². The van der Waals surface area contributed by atoms with E-state index in [-0.39, 0.29) is 0 Å². The lowest BCUT2D eigenvalue weighted by Crippen LogP contribution is -2.50. The molecule has 0 fully saturated rings. The van der Waals surface area contributed by atoms with Gasteiger partial charge in [-0.05, 0) is 69.6 Å². The molecule has 0 atom stereocenters. The second-order valence-electron chi connectivity index (χ2n) is 14.0. The topological polar surface area (TPSA) is 112 Å². The smallest absolute Gasteiger partial charge is 0.337 e. The van der Waals surface area contributed by atoms with Crippen molar-refractivity contribution < 1.29 is 32.7 Å². The predicted octanol–water partition coefficient (Wildman–Crippen LogP) is 10.3. The monoisotopic (exact) mass is 715 g/mol. The number of carboxylic acids is 2. The number of nitrogens with zero attached hydrogens (tertiary/aromatic N) is 1. The van der Waals surface area contributed by atoms with Gasteiger partial charge in [-0.25, -0.2) is 13.2 Å². The van der Waals surface area contributed by atoms with Crippen LogP contribution in [0.3, 0.4) is 0 Å². The molecule has 0 saturated carbocycles. The molecule has 0 bridgehead atoms. The Morgan fingerprint density at radius 3 is 1.14 bits per heavy atom. The van der Waals surface area contributed by atoms with Crippen molar-refractivity contribution in [2.24, 2.45) is 0 Å². The molecule has 0 aliphatic heterocycles. The summed E-state index contributed by atoms with van der Waals surface area (Å²) in [5.41, 5.74) is -0.941. The quantitative estimate of drug-likeness (QED) is 0.0693. The van der Waals surface area contributed by atoms with Gasteiger partial charge in [-0.1, -0.05) is 135 Å². The minimum absolute atomic E-state index is 0.425. The molecule has 0 amide bonds. The van der Waals surface area contributed by atoms with Crippen LogP contribution in [0.1, 0.15) is 177 Å². The van der Waals surface area contributed by atoms with Gasteiger partial charge in [-0.3, -0.25) is 0 Å². The Morgan fingerprint density at radius 1 is 0.520 bits per heavy atom. The molecule has 0 radical (unpaired) electrons. The maximum absolute atomic E-state index is 12.5. The van der Waals surface area contributed by atoms with E-state index in [1.165, 1.54) is 183 Å². The molecule has 0 spiro atoms.